The molecule has 0 radical (unpaired) electrons. The monoisotopic (exact) mass is 326 g/mol. The molecule has 0 amide bonds. The minimum atomic E-state index is 0.181. The van der Waals surface area contributed by atoms with Crippen molar-refractivity contribution in [2.45, 2.75) is 38.6 Å². The molecule has 24 heavy (non-hydrogen) atoms. The number of rotatable bonds is 7. The molecule has 1 atom stereocenters. The van der Waals surface area contributed by atoms with Gasteiger partial charge in [-0.2, -0.15) is 0 Å². The van der Waals surface area contributed by atoms with Crippen LogP contribution in [0.1, 0.15) is 30.9 Å². The van der Waals surface area contributed by atoms with Crippen LogP contribution in [0.4, 0.5) is 11.6 Å². The first kappa shape index (κ1) is 16.7. The molecule has 1 fully saturated rings. The summed E-state index contributed by atoms with van der Waals surface area (Å²) in [6.45, 7) is 4.14. The molecule has 5 heteroatoms. The molecule has 1 saturated heterocycles. The normalized spacial score (nSPS) is 17.2. The zero-order valence-corrected chi connectivity index (χ0v) is 14.3. The van der Waals surface area contributed by atoms with Crippen LogP contribution in [-0.2, 0) is 12.8 Å². The maximum atomic E-state index is 9.47. The Morgan fingerprint density at radius 1 is 1.21 bits per heavy atom. The van der Waals surface area contributed by atoms with E-state index >= 15 is 0 Å². The lowest BCUT2D eigenvalue weighted by Crippen LogP contribution is -2.32. The standard InChI is InChI=1S/C19H26N4O/c1-2-15-5-7-16(8-6-15)9-10-20-18-12-19(22-14-21-18)23-11-3-4-17(23)13-24/h5-8,12,14,17,24H,2-4,9-11,13H2,1H3,(H,20,21,22). The second kappa shape index (κ2) is 8.11. The zero-order chi connectivity index (χ0) is 16.8. The van der Waals surface area contributed by atoms with Crippen LogP contribution in [0.2, 0.25) is 0 Å². The quantitative estimate of drug-likeness (QED) is 0.819. The molecule has 1 aromatic heterocycles. The Balaban J connectivity index is 1.56. The molecule has 1 aromatic carbocycles. The summed E-state index contributed by atoms with van der Waals surface area (Å²) in [6, 6.07) is 10.9. The molecule has 0 saturated carbocycles. The molecule has 2 aromatic rings. The first-order chi connectivity index (χ1) is 11.8. The van der Waals surface area contributed by atoms with Gasteiger partial charge in [0.1, 0.15) is 18.0 Å². The maximum Gasteiger partial charge on any atom is 0.134 e. The van der Waals surface area contributed by atoms with Crippen LogP contribution in [0.25, 0.3) is 0 Å². The van der Waals surface area contributed by atoms with Crippen LogP contribution in [0, 0.1) is 0 Å². The fourth-order valence-corrected chi connectivity index (χ4v) is 3.20. The summed E-state index contributed by atoms with van der Waals surface area (Å²) in [7, 11) is 0. The molecule has 1 unspecified atom stereocenters. The Kier molecular flexibility index (Phi) is 5.64. The number of benzene rings is 1. The molecule has 2 N–H and O–H groups in total. The fraction of sp³-hybridized carbons (Fsp3) is 0.474. The Bertz CT molecular complexity index is 644. The second-order valence-corrected chi connectivity index (χ2v) is 6.28. The molecular formula is C19H26N4O. The SMILES string of the molecule is CCc1ccc(CCNc2cc(N3CCCC3CO)ncn2)cc1. The van der Waals surface area contributed by atoms with Gasteiger partial charge in [0.05, 0.1) is 12.6 Å². The van der Waals surface area contributed by atoms with Crippen LogP contribution in [0.15, 0.2) is 36.7 Å². The van der Waals surface area contributed by atoms with Gasteiger partial charge in [-0.15, -0.1) is 0 Å². The van der Waals surface area contributed by atoms with Gasteiger partial charge in [-0.25, -0.2) is 9.97 Å². The molecule has 0 bridgehead atoms. The van der Waals surface area contributed by atoms with Crippen LogP contribution in [-0.4, -0.2) is 40.8 Å². The molecule has 1 aliphatic rings. The predicted molar refractivity (Wildman–Crippen MR) is 97.5 cm³/mol. The number of aliphatic hydroxyl groups is 1. The first-order valence-electron chi connectivity index (χ1n) is 8.81. The maximum absolute atomic E-state index is 9.47. The third kappa shape index (κ3) is 4.03. The van der Waals surface area contributed by atoms with E-state index in [0.29, 0.717) is 0 Å². The van der Waals surface area contributed by atoms with E-state index in [9.17, 15) is 5.11 Å². The average molecular weight is 326 g/mol. The molecule has 128 valence electrons. The van der Waals surface area contributed by atoms with Crippen molar-refractivity contribution >= 4 is 11.6 Å². The van der Waals surface area contributed by atoms with Crippen molar-refractivity contribution in [2.24, 2.45) is 0 Å². The highest BCUT2D eigenvalue weighted by Gasteiger charge is 2.25. The van der Waals surface area contributed by atoms with Crippen molar-refractivity contribution in [3.63, 3.8) is 0 Å². The van der Waals surface area contributed by atoms with Gasteiger partial charge in [0, 0.05) is 19.2 Å². The summed E-state index contributed by atoms with van der Waals surface area (Å²) in [5.74, 6) is 1.74. The summed E-state index contributed by atoms with van der Waals surface area (Å²) in [5.41, 5.74) is 2.70. The molecule has 0 aliphatic carbocycles. The van der Waals surface area contributed by atoms with Crippen molar-refractivity contribution in [1.29, 1.82) is 0 Å². The van der Waals surface area contributed by atoms with Gasteiger partial charge in [0.2, 0.25) is 0 Å². The number of hydrogen-bond donors (Lipinski definition) is 2. The van der Waals surface area contributed by atoms with Gasteiger partial charge >= 0.3 is 0 Å². The summed E-state index contributed by atoms with van der Waals surface area (Å²) >= 11 is 0. The van der Waals surface area contributed by atoms with Gasteiger partial charge in [-0.1, -0.05) is 31.2 Å². The minimum Gasteiger partial charge on any atom is -0.394 e. The molecule has 3 rings (SSSR count). The highest BCUT2D eigenvalue weighted by atomic mass is 16.3. The number of aromatic nitrogens is 2. The van der Waals surface area contributed by atoms with Gasteiger partial charge in [-0.05, 0) is 36.8 Å². The lowest BCUT2D eigenvalue weighted by molar-refractivity contribution is 0.266. The summed E-state index contributed by atoms with van der Waals surface area (Å²) in [5, 5.41) is 12.8. The number of nitrogens with one attached hydrogen (secondary N) is 1. The number of anilines is 2. The summed E-state index contributed by atoms with van der Waals surface area (Å²) in [6.07, 6.45) is 5.77. The molecule has 0 spiro atoms. The number of aliphatic hydroxyl groups excluding tert-OH is 1. The van der Waals surface area contributed by atoms with E-state index in [1.165, 1.54) is 11.1 Å². The van der Waals surface area contributed by atoms with Gasteiger partial charge in [0.25, 0.3) is 0 Å². The van der Waals surface area contributed by atoms with Crippen molar-refractivity contribution in [3.05, 3.63) is 47.8 Å². The fourth-order valence-electron chi connectivity index (χ4n) is 3.20. The molecular weight excluding hydrogens is 300 g/mol. The van der Waals surface area contributed by atoms with Crippen LogP contribution >= 0.6 is 0 Å². The van der Waals surface area contributed by atoms with Crippen LogP contribution in [0.3, 0.4) is 0 Å². The second-order valence-electron chi connectivity index (χ2n) is 6.28. The van der Waals surface area contributed by atoms with Crippen molar-refractivity contribution in [3.8, 4) is 0 Å². The zero-order valence-electron chi connectivity index (χ0n) is 14.3. The van der Waals surface area contributed by atoms with Crippen molar-refractivity contribution < 1.29 is 5.11 Å². The topological polar surface area (TPSA) is 61.3 Å². The van der Waals surface area contributed by atoms with Crippen molar-refractivity contribution in [1.82, 2.24) is 9.97 Å². The van der Waals surface area contributed by atoms with Crippen LogP contribution < -0.4 is 10.2 Å². The van der Waals surface area contributed by atoms with E-state index in [1.54, 1.807) is 6.33 Å². The lowest BCUT2D eigenvalue weighted by atomic mass is 10.1. The van der Waals surface area contributed by atoms with Gasteiger partial charge in [0.15, 0.2) is 0 Å². The summed E-state index contributed by atoms with van der Waals surface area (Å²) < 4.78 is 0. The number of aryl methyl sites for hydroxylation is 1. The Hall–Kier alpha value is -2.14. The van der Waals surface area contributed by atoms with E-state index in [1.807, 2.05) is 6.07 Å². The van der Waals surface area contributed by atoms with Gasteiger partial charge in [-0.3, -0.25) is 0 Å². The molecule has 1 aliphatic heterocycles. The minimum absolute atomic E-state index is 0.181. The molecule has 5 nitrogen and oxygen atoms in total. The third-order valence-electron chi connectivity index (χ3n) is 4.69. The average Bonchev–Trinajstić information content (AvgIpc) is 3.11. The predicted octanol–water partition coefficient (Wildman–Crippen LogP) is 2.65. The van der Waals surface area contributed by atoms with E-state index in [4.69, 9.17) is 0 Å². The third-order valence-corrected chi connectivity index (χ3v) is 4.69. The van der Waals surface area contributed by atoms with E-state index in [0.717, 1.165) is 50.4 Å². The highest BCUT2D eigenvalue weighted by Crippen LogP contribution is 2.24. The largest absolute Gasteiger partial charge is 0.394 e. The molecule has 2 heterocycles. The smallest absolute Gasteiger partial charge is 0.134 e. The Morgan fingerprint density at radius 2 is 2.00 bits per heavy atom. The Labute approximate surface area is 143 Å². The first-order valence-corrected chi connectivity index (χ1v) is 8.81. The number of hydrogen-bond acceptors (Lipinski definition) is 5. The van der Waals surface area contributed by atoms with Crippen molar-refractivity contribution in [2.75, 3.05) is 29.9 Å². The Morgan fingerprint density at radius 3 is 2.75 bits per heavy atom. The van der Waals surface area contributed by atoms with E-state index < -0.39 is 0 Å². The van der Waals surface area contributed by atoms with Gasteiger partial charge < -0.3 is 15.3 Å². The lowest BCUT2D eigenvalue weighted by Gasteiger charge is -2.24. The number of nitrogens with zero attached hydrogens (tertiary/aromatic N) is 3. The van der Waals surface area contributed by atoms with E-state index in [-0.39, 0.29) is 12.6 Å². The van der Waals surface area contributed by atoms with E-state index in [2.05, 4.69) is 51.4 Å². The highest BCUT2D eigenvalue weighted by molar-refractivity contribution is 5.50. The summed E-state index contributed by atoms with van der Waals surface area (Å²) in [4.78, 5) is 10.9. The van der Waals surface area contributed by atoms with Crippen LogP contribution in [0.5, 0.6) is 0 Å².